The van der Waals surface area contributed by atoms with E-state index in [4.69, 9.17) is 34.8 Å². The molecule has 5 heteroatoms. The van der Waals surface area contributed by atoms with Crippen molar-refractivity contribution in [3.05, 3.63) is 34.3 Å². The molecular weight excluding hydrogens is 280 g/mol. The highest BCUT2D eigenvalue weighted by atomic mass is 35.5. The highest BCUT2D eigenvalue weighted by molar-refractivity contribution is 6.31. The van der Waals surface area contributed by atoms with Crippen LogP contribution in [0.1, 0.15) is 22.8 Å². The standard InChI is InChI=1S/C12H14Cl3NO/c1-8-9(4-3-5-10(8)15)11(17)16-12(2,6-13)7-14/h3-5H,6-7H2,1-2H3,(H,16,17). The largest absolute Gasteiger partial charge is 0.344 e. The summed E-state index contributed by atoms with van der Waals surface area (Å²) in [6.45, 7) is 3.60. The zero-order chi connectivity index (χ0) is 13.1. The van der Waals surface area contributed by atoms with Gasteiger partial charge in [0.05, 0.1) is 5.54 Å². The third-order valence-electron chi connectivity index (χ3n) is 2.52. The first-order valence-electron chi connectivity index (χ1n) is 5.13. The lowest BCUT2D eigenvalue weighted by atomic mass is 10.0. The Bertz CT molecular complexity index is 416. The van der Waals surface area contributed by atoms with E-state index in [1.165, 1.54) is 0 Å². The minimum Gasteiger partial charge on any atom is -0.344 e. The van der Waals surface area contributed by atoms with Crippen molar-refractivity contribution in [2.24, 2.45) is 0 Å². The zero-order valence-electron chi connectivity index (χ0n) is 9.69. The molecule has 1 rings (SSSR count). The fourth-order valence-corrected chi connectivity index (χ4v) is 1.89. The van der Waals surface area contributed by atoms with Gasteiger partial charge in [-0.25, -0.2) is 0 Å². The monoisotopic (exact) mass is 293 g/mol. The van der Waals surface area contributed by atoms with Crippen molar-refractivity contribution in [3.8, 4) is 0 Å². The Morgan fingerprint density at radius 1 is 1.35 bits per heavy atom. The van der Waals surface area contributed by atoms with Crippen molar-refractivity contribution in [1.29, 1.82) is 0 Å². The first-order valence-corrected chi connectivity index (χ1v) is 6.58. The van der Waals surface area contributed by atoms with E-state index >= 15 is 0 Å². The van der Waals surface area contributed by atoms with Gasteiger partial charge >= 0.3 is 0 Å². The summed E-state index contributed by atoms with van der Waals surface area (Å²) >= 11 is 17.5. The molecule has 0 saturated carbocycles. The van der Waals surface area contributed by atoms with Crippen molar-refractivity contribution in [1.82, 2.24) is 5.32 Å². The molecular formula is C12H14Cl3NO. The first-order chi connectivity index (χ1) is 7.93. The van der Waals surface area contributed by atoms with E-state index in [1.807, 2.05) is 0 Å². The van der Waals surface area contributed by atoms with Crippen LogP contribution in [0.4, 0.5) is 0 Å². The fourth-order valence-electron chi connectivity index (χ4n) is 1.30. The second kappa shape index (κ2) is 5.94. The van der Waals surface area contributed by atoms with Gasteiger partial charge in [0.1, 0.15) is 0 Å². The molecule has 1 aromatic rings. The molecule has 0 aliphatic rings. The van der Waals surface area contributed by atoms with Crippen molar-refractivity contribution in [2.75, 3.05) is 11.8 Å². The molecule has 0 aliphatic heterocycles. The maximum atomic E-state index is 12.1. The van der Waals surface area contributed by atoms with Gasteiger partial charge in [-0.15, -0.1) is 23.2 Å². The lowest BCUT2D eigenvalue weighted by Crippen LogP contribution is -2.49. The van der Waals surface area contributed by atoms with Crippen molar-refractivity contribution >= 4 is 40.7 Å². The lowest BCUT2D eigenvalue weighted by Gasteiger charge is -2.26. The molecule has 0 aliphatic carbocycles. The van der Waals surface area contributed by atoms with E-state index < -0.39 is 5.54 Å². The summed E-state index contributed by atoms with van der Waals surface area (Å²) in [6, 6.07) is 5.21. The number of carbonyl (C=O) groups is 1. The topological polar surface area (TPSA) is 29.1 Å². The van der Waals surface area contributed by atoms with Crippen LogP contribution in [0.15, 0.2) is 18.2 Å². The number of hydrogen-bond donors (Lipinski definition) is 1. The molecule has 0 aromatic heterocycles. The Morgan fingerprint density at radius 3 is 2.47 bits per heavy atom. The quantitative estimate of drug-likeness (QED) is 0.844. The molecule has 1 N–H and O–H groups in total. The Morgan fingerprint density at radius 2 is 1.94 bits per heavy atom. The number of alkyl halides is 2. The van der Waals surface area contributed by atoms with Crippen LogP contribution in [0.3, 0.4) is 0 Å². The highest BCUT2D eigenvalue weighted by Crippen LogP contribution is 2.19. The zero-order valence-corrected chi connectivity index (χ0v) is 12.0. The third-order valence-corrected chi connectivity index (χ3v) is 4.11. The van der Waals surface area contributed by atoms with Gasteiger partial charge in [-0.2, -0.15) is 0 Å². The average Bonchev–Trinajstić information content (AvgIpc) is 2.32. The predicted octanol–water partition coefficient (Wildman–Crippen LogP) is 3.61. The molecule has 17 heavy (non-hydrogen) atoms. The Hall–Kier alpha value is -0.440. The second-order valence-electron chi connectivity index (χ2n) is 4.19. The SMILES string of the molecule is Cc1c(Cl)cccc1C(=O)NC(C)(CCl)CCl. The number of halogens is 3. The molecule has 0 atom stereocenters. The van der Waals surface area contributed by atoms with Crippen LogP contribution < -0.4 is 5.32 Å². The van der Waals surface area contributed by atoms with Gasteiger partial charge in [0, 0.05) is 22.3 Å². The van der Waals surface area contributed by atoms with Crippen LogP contribution in [0.5, 0.6) is 0 Å². The normalized spacial score (nSPS) is 11.4. The summed E-state index contributed by atoms with van der Waals surface area (Å²) in [5.74, 6) is 0.290. The van der Waals surface area contributed by atoms with Crippen LogP contribution in [0.25, 0.3) is 0 Å². The number of rotatable bonds is 4. The first kappa shape index (κ1) is 14.6. The summed E-state index contributed by atoms with van der Waals surface area (Å²) in [4.78, 5) is 12.1. The molecule has 0 fully saturated rings. The Balaban J connectivity index is 2.94. The minimum atomic E-state index is -0.616. The predicted molar refractivity (Wildman–Crippen MR) is 73.5 cm³/mol. The Kier molecular flexibility index (Phi) is 5.11. The molecule has 0 radical (unpaired) electrons. The summed E-state index contributed by atoms with van der Waals surface area (Å²) in [5.41, 5.74) is 0.673. The van der Waals surface area contributed by atoms with Gasteiger partial charge in [0.2, 0.25) is 0 Å². The minimum absolute atomic E-state index is 0.214. The number of nitrogens with one attached hydrogen (secondary N) is 1. The van der Waals surface area contributed by atoms with Gasteiger partial charge in [-0.05, 0) is 31.5 Å². The molecule has 0 heterocycles. The molecule has 0 bridgehead atoms. The Labute approximate surface area is 116 Å². The van der Waals surface area contributed by atoms with E-state index in [9.17, 15) is 4.79 Å². The lowest BCUT2D eigenvalue weighted by molar-refractivity contribution is 0.0921. The smallest absolute Gasteiger partial charge is 0.252 e. The van der Waals surface area contributed by atoms with Crippen LogP contribution >= 0.6 is 34.8 Å². The van der Waals surface area contributed by atoms with Crippen LogP contribution in [0, 0.1) is 6.92 Å². The fraction of sp³-hybridized carbons (Fsp3) is 0.417. The van der Waals surface area contributed by atoms with Gasteiger partial charge < -0.3 is 5.32 Å². The van der Waals surface area contributed by atoms with E-state index in [0.717, 1.165) is 5.56 Å². The van der Waals surface area contributed by atoms with E-state index in [-0.39, 0.29) is 17.7 Å². The van der Waals surface area contributed by atoms with E-state index in [0.29, 0.717) is 10.6 Å². The summed E-state index contributed by atoms with van der Waals surface area (Å²) < 4.78 is 0. The number of amides is 1. The molecule has 0 unspecified atom stereocenters. The van der Waals surface area contributed by atoms with Gasteiger partial charge in [0.15, 0.2) is 0 Å². The van der Waals surface area contributed by atoms with E-state index in [1.54, 1.807) is 32.0 Å². The maximum absolute atomic E-state index is 12.1. The summed E-state index contributed by atoms with van der Waals surface area (Å²) in [5, 5.41) is 3.38. The molecule has 1 amide bonds. The van der Waals surface area contributed by atoms with Gasteiger partial charge in [0.25, 0.3) is 5.91 Å². The van der Waals surface area contributed by atoms with Crippen molar-refractivity contribution < 1.29 is 4.79 Å². The molecule has 0 spiro atoms. The van der Waals surface area contributed by atoms with Crippen LogP contribution in [0.2, 0.25) is 5.02 Å². The average molecular weight is 295 g/mol. The summed E-state index contributed by atoms with van der Waals surface area (Å²) in [6.07, 6.45) is 0. The highest BCUT2D eigenvalue weighted by Gasteiger charge is 2.25. The van der Waals surface area contributed by atoms with Crippen LogP contribution in [-0.4, -0.2) is 23.2 Å². The molecule has 2 nitrogen and oxygen atoms in total. The van der Waals surface area contributed by atoms with Crippen molar-refractivity contribution in [3.63, 3.8) is 0 Å². The summed E-state index contributed by atoms with van der Waals surface area (Å²) in [7, 11) is 0. The number of hydrogen-bond acceptors (Lipinski definition) is 1. The third kappa shape index (κ3) is 3.51. The number of carbonyl (C=O) groups excluding carboxylic acids is 1. The number of benzene rings is 1. The second-order valence-corrected chi connectivity index (χ2v) is 5.14. The van der Waals surface area contributed by atoms with Gasteiger partial charge in [-0.1, -0.05) is 17.7 Å². The maximum Gasteiger partial charge on any atom is 0.252 e. The molecule has 0 saturated heterocycles. The molecule has 1 aromatic carbocycles. The van der Waals surface area contributed by atoms with E-state index in [2.05, 4.69) is 5.32 Å². The van der Waals surface area contributed by atoms with Crippen molar-refractivity contribution in [2.45, 2.75) is 19.4 Å². The molecule has 94 valence electrons. The van der Waals surface area contributed by atoms with Gasteiger partial charge in [-0.3, -0.25) is 4.79 Å². The van der Waals surface area contributed by atoms with Crippen LogP contribution in [-0.2, 0) is 0 Å².